The number of ether oxygens (including phenoxy) is 3. The number of epoxide rings is 1. The van der Waals surface area contributed by atoms with Gasteiger partial charge in [0.25, 0.3) is 17.5 Å². The van der Waals surface area contributed by atoms with Gasteiger partial charge in [-0.05, 0) is 12.1 Å². The summed E-state index contributed by atoms with van der Waals surface area (Å²) in [6.07, 6.45) is 0. The van der Waals surface area contributed by atoms with E-state index in [4.69, 9.17) is 9.47 Å². The molecular weight excluding hydrogens is 324 g/mol. The number of benzene rings is 1. The van der Waals surface area contributed by atoms with E-state index >= 15 is 0 Å². The number of nitro benzene ring substituents is 1. The number of non-ortho nitro benzene ring substituents is 1. The number of morpholine rings is 1. The molecule has 126 valence electrons. The zero-order chi connectivity index (χ0) is 17.7. The van der Waals surface area contributed by atoms with Crippen LogP contribution in [0.25, 0.3) is 0 Å². The molecule has 2 aliphatic heterocycles. The molecule has 1 aromatic carbocycles. The highest BCUT2D eigenvalue weighted by Gasteiger charge is 2.88. The van der Waals surface area contributed by atoms with Crippen molar-refractivity contribution >= 4 is 23.5 Å². The minimum absolute atomic E-state index is 0.0570. The summed E-state index contributed by atoms with van der Waals surface area (Å²) in [7, 11) is 2.34. The Balaban J connectivity index is 1.89. The lowest BCUT2D eigenvalue weighted by Crippen LogP contribution is -2.43. The summed E-state index contributed by atoms with van der Waals surface area (Å²) in [6.45, 7) is -0.284. The number of nitro groups is 1. The first kappa shape index (κ1) is 16.0. The van der Waals surface area contributed by atoms with Gasteiger partial charge in [0.05, 0.1) is 18.6 Å². The number of esters is 1. The average molecular weight is 336 g/mol. The molecule has 0 aromatic heterocycles. The molecule has 0 aliphatic carbocycles. The zero-order valence-electron chi connectivity index (χ0n) is 12.7. The molecule has 2 atom stereocenters. The molecule has 0 radical (unpaired) electrons. The lowest BCUT2D eigenvalue weighted by Gasteiger charge is -2.18. The second-order valence-corrected chi connectivity index (χ2v) is 5.23. The van der Waals surface area contributed by atoms with Crippen molar-refractivity contribution < 1.29 is 33.5 Å². The lowest BCUT2D eigenvalue weighted by molar-refractivity contribution is -0.384. The van der Waals surface area contributed by atoms with E-state index in [1.807, 2.05) is 0 Å². The number of carbonyl (C=O) groups is 3. The predicted molar refractivity (Wildman–Crippen MR) is 74.7 cm³/mol. The quantitative estimate of drug-likeness (QED) is 0.186. The van der Waals surface area contributed by atoms with Crippen LogP contribution in [-0.4, -0.2) is 59.8 Å². The summed E-state index contributed by atoms with van der Waals surface area (Å²) < 4.78 is 14.9. The van der Waals surface area contributed by atoms with Crippen LogP contribution in [0.1, 0.15) is 10.4 Å². The van der Waals surface area contributed by atoms with Crippen LogP contribution in [-0.2, 0) is 23.8 Å². The van der Waals surface area contributed by atoms with Gasteiger partial charge in [-0.15, -0.1) is 0 Å². The van der Waals surface area contributed by atoms with Crippen molar-refractivity contribution in [1.29, 1.82) is 0 Å². The molecule has 0 bridgehead atoms. The van der Waals surface area contributed by atoms with E-state index in [0.717, 1.165) is 24.1 Å². The van der Waals surface area contributed by atoms with E-state index in [9.17, 15) is 24.5 Å². The average Bonchev–Trinajstić information content (AvgIpc) is 3.21. The van der Waals surface area contributed by atoms with Crippen molar-refractivity contribution in [2.45, 2.75) is 11.4 Å². The third kappa shape index (κ3) is 1.87. The monoisotopic (exact) mass is 336 g/mol. The number of imide groups is 1. The number of hydrogen-bond donors (Lipinski definition) is 0. The highest BCUT2D eigenvalue weighted by molar-refractivity contribution is 6.19. The number of hydrogen-bond acceptors (Lipinski definition) is 8. The minimum Gasteiger partial charge on any atom is -0.466 e. The predicted octanol–water partition coefficient (Wildman–Crippen LogP) is -0.138. The van der Waals surface area contributed by atoms with Crippen molar-refractivity contribution in [1.82, 2.24) is 4.90 Å². The first-order valence-corrected chi connectivity index (χ1v) is 6.77. The molecule has 2 amide bonds. The summed E-state index contributed by atoms with van der Waals surface area (Å²) in [4.78, 5) is 47.8. The molecule has 0 saturated carbocycles. The van der Waals surface area contributed by atoms with Gasteiger partial charge in [0, 0.05) is 24.8 Å². The molecule has 2 heterocycles. The van der Waals surface area contributed by atoms with E-state index in [1.165, 1.54) is 19.2 Å². The van der Waals surface area contributed by atoms with Crippen LogP contribution in [0, 0.1) is 10.1 Å². The van der Waals surface area contributed by atoms with Gasteiger partial charge in [-0.2, -0.15) is 0 Å². The van der Waals surface area contributed by atoms with Crippen LogP contribution in [0.2, 0.25) is 0 Å². The van der Waals surface area contributed by atoms with Gasteiger partial charge < -0.3 is 14.2 Å². The highest BCUT2D eigenvalue weighted by atomic mass is 16.8. The van der Waals surface area contributed by atoms with Gasteiger partial charge >= 0.3 is 11.6 Å². The Bertz CT molecular complexity index is 761. The van der Waals surface area contributed by atoms with Crippen LogP contribution in [0.15, 0.2) is 24.3 Å². The number of fused-ring (bicyclic) bond motifs is 1. The van der Waals surface area contributed by atoms with E-state index in [0.29, 0.717) is 0 Å². The van der Waals surface area contributed by atoms with E-state index in [-0.39, 0.29) is 17.8 Å². The normalized spacial score (nSPS) is 27.6. The van der Waals surface area contributed by atoms with Gasteiger partial charge in [-0.25, -0.2) is 4.79 Å². The number of carbonyl (C=O) groups excluding carboxylic acids is 3. The van der Waals surface area contributed by atoms with E-state index in [2.05, 4.69) is 4.74 Å². The van der Waals surface area contributed by atoms with Gasteiger partial charge in [0.2, 0.25) is 5.79 Å². The number of rotatable bonds is 4. The summed E-state index contributed by atoms with van der Waals surface area (Å²) in [6, 6.07) is 4.74. The van der Waals surface area contributed by atoms with Crippen LogP contribution in [0.3, 0.4) is 0 Å². The molecule has 2 aliphatic rings. The first-order valence-electron chi connectivity index (χ1n) is 6.77. The van der Waals surface area contributed by atoms with Gasteiger partial charge in [-0.1, -0.05) is 0 Å². The largest absolute Gasteiger partial charge is 0.466 e. The highest BCUT2D eigenvalue weighted by Crippen LogP contribution is 2.56. The van der Waals surface area contributed by atoms with Crippen molar-refractivity contribution in [2.24, 2.45) is 0 Å². The van der Waals surface area contributed by atoms with Crippen LogP contribution < -0.4 is 0 Å². The van der Waals surface area contributed by atoms with Crippen molar-refractivity contribution in [3.63, 3.8) is 0 Å². The molecule has 2 unspecified atom stereocenters. The Kier molecular flexibility index (Phi) is 3.39. The molecule has 0 N–H and O–H groups in total. The maximum Gasteiger partial charge on any atom is 0.354 e. The zero-order valence-corrected chi connectivity index (χ0v) is 12.7. The summed E-state index contributed by atoms with van der Waals surface area (Å²) in [5.74, 6) is -4.12. The second kappa shape index (κ2) is 5.08. The number of likely N-dealkylation sites (tertiary alicyclic amines) is 1. The molecule has 2 saturated heterocycles. The summed E-state index contributed by atoms with van der Waals surface area (Å²) in [5.41, 5.74) is -2.11. The Morgan fingerprint density at radius 3 is 2.42 bits per heavy atom. The lowest BCUT2D eigenvalue weighted by atomic mass is 10.1. The number of methoxy groups -OCH3 is 2. The van der Waals surface area contributed by atoms with Crippen molar-refractivity contribution in [3.8, 4) is 0 Å². The fourth-order valence-corrected chi connectivity index (χ4v) is 2.77. The molecule has 0 spiro atoms. The molecule has 10 heteroatoms. The van der Waals surface area contributed by atoms with Crippen molar-refractivity contribution in [3.05, 3.63) is 39.9 Å². The molecule has 24 heavy (non-hydrogen) atoms. The summed E-state index contributed by atoms with van der Waals surface area (Å²) in [5, 5.41) is 10.6. The summed E-state index contributed by atoms with van der Waals surface area (Å²) >= 11 is 0. The van der Waals surface area contributed by atoms with Crippen molar-refractivity contribution in [2.75, 3.05) is 20.8 Å². The van der Waals surface area contributed by atoms with Crippen LogP contribution in [0.5, 0.6) is 0 Å². The van der Waals surface area contributed by atoms with Crippen LogP contribution >= 0.6 is 0 Å². The van der Waals surface area contributed by atoms with E-state index < -0.39 is 34.1 Å². The number of nitrogens with zero attached hydrogens (tertiary/aromatic N) is 2. The molecule has 10 nitrogen and oxygen atoms in total. The Hall–Kier alpha value is -2.85. The topological polar surface area (TPSA) is 129 Å². The maximum absolute atomic E-state index is 12.5. The fourth-order valence-electron chi connectivity index (χ4n) is 2.77. The maximum atomic E-state index is 12.5. The fraction of sp³-hybridized carbons (Fsp3) is 0.357. The Morgan fingerprint density at radius 2 is 1.92 bits per heavy atom. The SMILES string of the molecule is COC(=O)C12OC1(OC)CN(C(=O)c1ccc([N+](=O)[O-])cc1)C2=O. The van der Waals surface area contributed by atoms with Crippen LogP contribution in [0.4, 0.5) is 5.69 Å². The third-order valence-electron chi connectivity index (χ3n) is 4.10. The molecule has 1 aromatic rings. The van der Waals surface area contributed by atoms with Gasteiger partial charge in [0.1, 0.15) is 0 Å². The second-order valence-electron chi connectivity index (χ2n) is 5.23. The van der Waals surface area contributed by atoms with E-state index in [1.54, 1.807) is 0 Å². The Labute approximate surface area is 135 Å². The number of amides is 2. The Morgan fingerprint density at radius 1 is 1.29 bits per heavy atom. The minimum atomic E-state index is -1.98. The van der Waals surface area contributed by atoms with Gasteiger partial charge in [0.15, 0.2) is 0 Å². The molecule has 3 rings (SSSR count). The molecule has 2 fully saturated rings. The standard InChI is InChI=1S/C14H12N2O8/c1-22-12(19)14-11(18)15(7-13(14,23-2)24-14)10(17)8-3-5-9(6-4-8)16(20)21/h3-6H,7H2,1-2H3. The third-order valence-corrected chi connectivity index (χ3v) is 4.10. The smallest absolute Gasteiger partial charge is 0.354 e. The molecular formula is C14H12N2O8. The van der Waals surface area contributed by atoms with Gasteiger partial charge in [-0.3, -0.25) is 24.6 Å². The first-order chi connectivity index (χ1) is 11.3.